The van der Waals surface area contributed by atoms with Gasteiger partial charge in [-0.3, -0.25) is 0 Å². The van der Waals surface area contributed by atoms with Crippen molar-refractivity contribution in [2.24, 2.45) is 0 Å². The molecule has 0 saturated heterocycles. The van der Waals surface area contributed by atoms with Gasteiger partial charge in [-0.05, 0) is 115 Å². The van der Waals surface area contributed by atoms with Crippen molar-refractivity contribution < 1.29 is 4.42 Å². The standard InChI is InChI=1S/C64H37N3OS/c1-3-14-38(15-4-1)40-28-33-59-54(36-40)61-62(39-16-5-2-6-17-39)65-63(66-64(61)69-59)50-23-13-25-58-60(50)53-35-42(27-32-57(53)68-58)41-26-31-56-52(34-41)49-22-11-12-24-55(49)67(56)43-29-30-48-46-20-8-7-18-44(46)45-19-9-10-21-47(45)51(48)37-43/h1-37H. The molecule has 0 aliphatic carbocycles. The number of benzene rings is 11. The fourth-order valence-corrected chi connectivity index (χ4v) is 12.1. The molecule has 0 amide bonds. The largest absolute Gasteiger partial charge is 0.456 e. The molecule has 0 fully saturated rings. The summed E-state index contributed by atoms with van der Waals surface area (Å²) in [5.41, 5.74) is 12.7. The third-order valence-corrected chi connectivity index (χ3v) is 15.3. The number of hydrogen-bond acceptors (Lipinski definition) is 4. The highest BCUT2D eigenvalue weighted by atomic mass is 32.1. The molecule has 0 spiro atoms. The van der Waals surface area contributed by atoms with E-state index in [4.69, 9.17) is 14.4 Å². The molecule has 0 atom stereocenters. The molecule has 15 rings (SSSR count). The van der Waals surface area contributed by atoms with Gasteiger partial charge in [0.05, 0.1) is 16.7 Å². The highest BCUT2D eigenvalue weighted by Crippen LogP contribution is 2.45. The van der Waals surface area contributed by atoms with Crippen LogP contribution in [0.3, 0.4) is 0 Å². The first-order valence-electron chi connectivity index (χ1n) is 23.4. The van der Waals surface area contributed by atoms with Crippen LogP contribution in [0.2, 0.25) is 0 Å². The van der Waals surface area contributed by atoms with Gasteiger partial charge in [0, 0.05) is 53.8 Å². The maximum Gasteiger partial charge on any atom is 0.162 e. The van der Waals surface area contributed by atoms with Crippen molar-refractivity contribution in [3.8, 4) is 50.6 Å². The maximum atomic E-state index is 6.62. The Balaban J connectivity index is 0.890. The number of aromatic nitrogens is 3. The van der Waals surface area contributed by atoms with Crippen molar-refractivity contribution >= 4 is 108 Å². The topological polar surface area (TPSA) is 43.9 Å². The first-order chi connectivity index (χ1) is 34.2. The smallest absolute Gasteiger partial charge is 0.162 e. The van der Waals surface area contributed by atoms with Gasteiger partial charge in [0.1, 0.15) is 16.0 Å². The van der Waals surface area contributed by atoms with Gasteiger partial charge in [-0.2, -0.15) is 0 Å². The molecule has 4 nitrogen and oxygen atoms in total. The van der Waals surface area contributed by atoms with E-state index < -0.39 is 0 Å². The second-order valence-corrected chi connectivity index (χ2v) is 19.0. The summed E-state index contributed by atoms with van der Waals surface area (Å²) in [4.78, 5) is 11.8. The molecule has 0 aliphatic heterocycles. The van der Waals surface area contributed by atoms with E-state index in [0.717, 1.165) is 71.2 Å². The highest BCUT2D eigenvalue weighted by molar-refractivity contribution is 7.25. The molecule has 0 N–H and O–H groups in total. The molecule has 11 aromatic carbocycles. The maximum absolute atomic E-state index is 6.62. The van der Waals surface area contributed by atoms with Gasteiger partial charge in [-0.15, -0.1) is 11.3 Å². The van der Waals surface area contributed by atoms with Crippen LogP contribution in [0.1, 0.15) is 0 Å². The first-order valence-corrected chi connectivity index (χ1v) is 24.2. The predicted octanol–water partition coefficient (Wildman–Crippen LogP) is 18.0. The van der Waals surface area contributed by atoms with Gasteiger partial charge in [0.15, 0.2) is 5.82 Å². The fourth-order valence-electron chi connectivity index (χ4n) is 11.1. The van der Waals surface area contributed by atoms with Crippen molar-refractivity contribution in [3.63, 3.8) is 0 Å². The quantitative estimate of drug-likeness (QED) is 0.162. The average molecular weight is 896 g/mol. The van der Waals surface area contributed by atoms with Crippen molar-refractivity contribution in [2.75, 3.05) is 0 Å². The Morgan fingerprint density at radius 2 is 0.942 bits per heavy atom. The highest BCUT2D eigenvalue weighted by Gasteiger charge is 2.22. The molecule has 4 aromatic heterocycles. The van der Waals surface area contributed by atoms with Crippen LogP contribution in [0.15, 0.2) is 229 Å². The molecular formula is C64H37N3OS. The van der Waals surface area contributed by atoms with E-state index in [0.29, 0.717) is 5.82 Å². The minimum atomic E-state index is 0.680. The van der Waals surface area contributed by atoms with Crippen LogP contribution in [0.25, 0.3) is 147 Å². The number of para-hydroxylation sites is 1. The lowest BCUT2D eigenvalue weighted by Gasteiger charge is -2.14. The van der Waals surface area contributed by atoms with Crippen LogP contribution in [-0.4, -0.2) is 14.5 Å². The molecule has 0 radical (unpaired) electrons. The molecule has 0 saturated carbocycles. The minimum Gasteiger partial charge on any atom is -0.456 e. The molecule has 0 aliphatic rings. The average Bonchev–Trinajstić information content (AvgIpc) is 4.10. The van der Waals surface area contributed by atoms with Gasteiger partial charge in [0.2, 0.25) is 0 Å². The summed E-state index contributed by atoms with van der Waals surface area (Å²) in [6, 6.07) is 80.9. The predicted molar refractivity (Wildman–Crippen MR) is 291 cm³/mol. The van der Waals surface area contributed by atoms with Crippen LogP contribution in [0.5, 0.6) is 0 Å². The Hall–Kier alpha value is -8.90. The van der Waals surface area contributed by atoms with Crippen LogP contribution in [-0.2, 0) is 0 Å². The van der Waals surface area contributed by atoms with Crippen LogP contribution >= 0.6 is 11.3 Å². The lowest BCUT2D eigenvalue weighted by molar-refractivity contribution is 0.669. The second-order valence-electron chi connectivity index (χ2n) is 18.0. The Labute approximate surface area is 399 Å². The molecular weight excluding hydrogens is 859 g/mol. The fraction of sp³-hybridized carbons (Fsp3) is 0. The molecule has 4 heterocycles. The monoisotopic (exact) mass is 895 g/mol. The van der Waals surface area contributed by atoms with Crippen molar-refractivity contribution in [3.05, 3.63) is 224 Å². The first kappa shape index (κ1) is 38.2. The van der Waals surface area contributed by atoms with E-state index in [1.165, 1.54) is 70.0 Å². The second kappa shape index (κ2) is 14.8. The van der Waals surface area contributed by atoms with E-state index in [9.17, 15) is 0 Å². The lowest BCUT2D eigenvalue weighted by Crippen LogP contribution is -1.94. The van der Waals surface area contributed by atoms with Gasteiger partial charge in [0.25, 0.3) is 0 Å². The van der Waals surface area contributed by atoms with Crippen molar-refractivity contribution in [2.45, 2.75) is 0 Å². The summed E-state index contributed by atoms with van der Waals surface area (Å²) in [6.07, 6.45) is 0. The zero-order chi connectivity index (χ0) is 45.2. The number of nitrogens with zero attached hydrogens (tertiary/aromatic N) is 3. The number of furan rings is 1. The van der Waals surface area contributed by atoms with Crippen molar-refractivity contribution in [1.82, 2.24) is 14.5 Å². The van der Waals surface area contributed by atoms with Crippen LogP contribution in [0, 0.1) is 0 Å². The molecule has 69 heavy (non-hydrogen) atoms. The summed E-state index contributed by atoms with van der Waals surface area (Å²) in [6.45, 7) is 0. The molecule has 15 aromatic rings. The van der Waals surface area contributed by atoms with Crippen molar-refractivity contribution in [1.29, 1.82) is 0 Å². The summed E-state index contributed by atoms with van der Waals surface area (Å²) in [5.74, 6) is 0.680. The Morgan fingerprint density at radius 1 is 0.348 bits per heavy atom. The summed E-state index contributed by atoms with van der Waals surface area (Å²) in [5, 5.41) is 14.3. The summed E-state index contributed by atoms with van der Waals surface area (Å²) < 4.78 is 10.2. The normalized spacial score (nSPS) is 12.1. The van der Waals surface area contributed by atoms with Gasteiger partial charge in [-0.25, -0.2) is 9.97 Å². The number of rotatable bonds is 5. The van der Waals surface area contributed by atoms with Crippen LogP contribution < -0.4 is 0 Å². The van der Waals surface area contributed by atoms with E-state index in [-0.39, 0.29) is 0 Å². The number of thiophene rings is 1. The number of fused-ring (bicyclic) bond motifs is 15. The molecule has 5 heteroatoms. The van der Waals surface area contributed by atoms with E-state index >= 15 is 0 Å². The lowest BCUT2D eigenvalue weighted by atomic mass is 9.94. The molecule has 0 unspecified atom stereocenters. The van der Waals surface area contributed by atoms with E-state index in [1.54, 1.807) is 11.3 Å². The number of hydrogen-bond donors (Lipinski definition) is 0. The van der Waals surface area contributed by atoms with Gasteiger partial charge in [-0.1, -0.05) is 164 Å². The molecule has 320 valence electrons. The summed E-state index contributed by atoms with van der Waals surface area (Å²) >= 11 is 1.72. The SMILES string of the molecule is c1ccc(-c2ccc3sc4nc(-c5cccc6oc7ccc(-c8ccc9c(c8)c8ccccc8n9-c8ccc9c%10ccccc%10c%10ccccc%10c9c8)cc7c56)nc(-c5ccccc5)c4c3c2)cc1. The Kier molecular flexibility index (Phi) is 8.20. The third-order valence-electron chi connectivity index (χ3n) is 14.2. The molecule has 0 bridgehead atoms. The van der Waals surface area contributed by atoms with Crippen LogP contribution in [0.4, 0.5) is 0 Å². The van der Waals surface area contributed by atoms with E-state index in [2.05, 4.69) is 229 Å². The van der Waals surface area contributed by atoms with Gasteiger partial charge < -0.3 is 8.98 Å². The zero-order valence-corrected chi connectivity index (χ0v) is 37.8. The Morgan fingerprint density at radius 3 is 1.71 bits per heavy atom. The Bertz CT molecular complexity index is 4570. The minimum absolute atomic E-state index is 0.680. The third kappa shape index (κ3) is 5.81. The summed E-state index contributed by atoms with van der Waals surface area (Å²) in [7, 11) is 0. The van der Waals surface area contributed by atoms with Gasteiger partial charge >= 0.3 is 0 Å². The zero-order valence-electron chi connectivity index (χ0n) is 37.0. The van der Waals surface area contributed by atoms with E-state index in [1.807, 2.05) is 0 Å².